The van der Waals surface area contributed by atoms with Crippen LogP contribution in [0.4, 0.5) is 5.69 Å². The van der Waals surface area contributed by atoms with Crippen molar-refractivity contribution in [1.29, 1.82) is 0 Å². The zero-order valence-corrected chi connectivity index (χ0v) is 21.9. The van der Waals surface area contributed by atoms with Gasteiger partial charge in [-0.2, -0.15) is 0 Å². The van der Waals surface area contributed by atoms with E-state index >= 15 is 0 Å². The normalized spacial score (nSPS) is 15.4. The molecule has 0 bridgehead atoms. The number of rotatable bonds is 7. The third kappa shape index (κ3) is 5.79. The summed E-state index contributed by atoms with van der Waals surface area (Å²) in [5.41, 5.74) is 4.15. The first-order valence-corrected chi connectivity index (χ1v) is 13.1. The largest absolute Gasteiger partial charge is 0.462 e. The van der Waals surface area contributed by atoms with Gasteiger partial charge in [-0.05, 0) is 67.6 Å². The van der Waals surface area contributed by atoms with E-state index in [0.717, 1.165) is 22.4 Å². The molecular formula is C31H26N2O4S. The highest BCUT2D eigenvalue weighted by molar-refractivity contribution is 8.18. The second kappa shape index (κ2) is 11.4. The molecule has 2 heterocycles. The van der Waals surface area contributed by atoms with Crippen LogP contribution in [0.1, 0.15) is 34.2 Å². The first-order chi connectivity index (χ1) is 18.5. The number of carbonyl (C=O) groups is 2. The number of esters is 1. The minimum atomic E-state index is -0.380. The predicted octanol–water partition coefficient (Wildman–Crippen LogP) is 7.24. The Labute approximate surface area is 225 Å². The van der Waals surface area contributed by atoms with Gasteiger partial charge < -0.3 is 9.15 Å². The van der Waals surface area contributed by atoms with Crippen molar-refractivity contribution in [3.05, 3.63) is 118 Å². The van der Waals surface area contributed by atoms with Gasteiger partial charge in [0.2, 0.25) is 0 Å². The molecule has 0 radical (unpaired) electrons. The maximum Gasteiger partial charge on any atom is 0.338 e. The smallest absolute Gasteiger partial charge is 0.338 e. The van der Waals surface area contributed by atoms with Crippen molar-refractivity contribution < 1.29 is 18.7 Å². The molecule has 0 N–H and O–H groups in total. The SMILES string of the molecule is CCOC(=O)c1cccc(-c2ccc(/C=C3/SC(=Nc4ccc(C)cc4)N(Cc4ccccc4)C3=O)o2)c1. The zero-order chi connectivity index (χ0) is 26.5. The van der Waals surface area contributed by atoms with Crippen LogP contribution in [-0.2, 0) is 16.1 Å². The highest BCUT2D eigenvalue weighted by Crippen LogP contribution is 2.36. The Bertz CT molecular complexity index is 1520. The summed E-state index contributed by atoms with van der Waals surface area (Å²) in [5.74, 6) is 0.615. The van der Waals surface area contributed by atoms with Crippen LogP contribution in [0.25, 0.3) is 17.4 Å². The topological polar surface area (TPSA) is 72.1 Å². The average molecular weight is 523 g/mol. The molecule has 190 valence electrons. The minimum absolute atomic E-state index is 0.132. The van der Waals surface area contributed by atoms with E-state index in [4.69, 9.17) is 14.1 Å². The van der Waals surface area contributed by atoms with Gasteiger partial charge in [-0.25, -0.2) is 9.79 Å². The molecular weight excluding hydrogens is 496 g/mol. The molecule has 0 unspecified atom stereocenters. The third-order valence-corrected chi connectivity index (χ3v) is 6.90. The van der Waals surface area contributed by atoms with Crippen LogP contribution in [0.3, 0.4) is 0 Å². The van der Waals surface area contributed by atoms with Crippen molar-refractivity contribution in [2.24, 2.45) is 4.99 Å². The average Bonchev–Trinajstić information content (AvgIpc) is 3.51. The van der Waals surface area contributed by atoms with Crippen molar-refractivity contribution in [2.75, 3.05) is 6.61 Å². The zero-order valence-electron chi connectivity index (χ0n) is 21.1. The maximum absolute atomic E-state index is 13.5. The Morgan fingerprint density at radius 2 is 1.79 bits per heavy atom. The molecule has 4 aromatic rings. The number of ether oxygens (including phenoxy) is 1. The van der Waals surface area contributed by atoms with Crippen molar-refractivity contribution in [3.8, 4) is 11.3 Å². The van der Waals surface area contributed by atoms with E-state index in [9.17, 15) is 9.59 Å². The standard InChI is InChI=1S/C31H26N2O4S/c1-3-36-30(35)24-11-7-10-23(18-24)27-17-16-26(37-27)19-28-29(34)33(20-22-8-5-4-6-9-22)31(38-28)32-25-14-12-21(2)13-15-25/h4-19H,3,20H2,1-2H3/b28-19+,32-31?. The van der Waals surface area contributed by atoms with Crippen LogP contribution >= 0.6 is 11.8 Å². The molecule has 3 aromatic carbocycles. The van der Waals surface area contributed by atoms with E-state index < -0.39 is 0 Å². The maximum atomic E-state index is 13.5. The van der Waals surface area contributed by atoms with E-state index in [1.165, 1.54) is 11.8 Å². The molecule has 0 saturated carbocycles. The summed E-state index contributed by atoms with van der Waals surface area (Å²) < 4.78 is 11.1. The van der Waals surface area contributed by atoms with Gasteiger partial charge in [0.25, 0.3) is 5.91 Å². The Morgan fingerprint density at radius 1 is 1.00 bits per heavy atom. The number of furan rings is 1. The molecule has 0 atom stereocenters. The lowest BCUT2D eigenvalue weighted by atomic mass is 10.1. The van der Waals surface area contributed by atoms with Gasteiger partial charge in [-0.1, -0.05) is 60.2 Å². The fourth-order valence-electron chi connectivity index (χ4n) is 3.96. The Balaban J connectivity index is 1.43. The monoisotopic (exact) mass is 522 g/mol. The summed E-state index contributed by atoms with van der Waals surface area (Å²) in [4.78, 5) is 32.6. The number of amidine groups is 1. The van der Waals surface area contributed by atoms with Crippen molar-refractivity contribution in [2.45, 2.75) is 20.4 Å². The van der Waals surface area contributed by atoms with Gasteiger partial charge in [0.1, 0.15) is 11.5 Å². The van der Waals surface area contributed by atoms with Gasteiger partial charge >= 0.3 is 5.97 Å². The second-order valence-electron chi connectivity index (χ2n) is 8.72. The Kier molecular flexibility index (Phi) is 7.56. The summed E-state index contributed by atoms with van der Waals surface area (Å²) in [6.07, 6.45) is 1.74. The summed E-state index contributed by atoms with van der Waals surface area (Å²) in [6, 6.07) is 28.5. The molecule has 7 heteroatoms. The summed E-state index contributed by atoms with van der Waals surface area (Å²) in [5, 5.41) is 0.614. The van der Waals surface area contributed by atoms with Crippen molar-refractivity contribution >= 4 is 40.6 Å². The van der Waals surface area contributed by atoms with E-state index in [1.807, 2.05) is 79.7 Å². The highest BCUT2D eigenvalue weighted by atomic mass is 32.2. The number of thioether (sulfide) groups is 1. The third-order valence-electron chi connectivity index (χ3n) is 5.89. The van der Waals surface area contributed by atoms with E-state index in [-0.39, 0.29) is 11.9 Å². The number of hydrogen-bond donors (Lipinski definition) is 0. The number of hydrogen-bond acceptors (Lipinski definition) is 6. The van der Waals surface area contributed by atoms with Gasteiger partial charge in [0.15, 0.2) is 5.17 Å². The Hall–Kier alpha value is -4.36. The van der Waals surface area contributed by atoms with Crippen LogP contribution in [0.15, 0.2) is 105 Å². The number of amides is 1. The molecule has 6 nitrogen and oxygen atoms in total. The molecule has 0 spiro atoms. The summed E-state index contributed by atoms with van der Waals surface area (Å²) in [7, 11) is 0. The lowest BCUT2D eigenvalue weighted by Gasteiger charge is -2.15. The second-order valence-corrected chi connectivity index (χ2v) is 9.73. The number of carbonyl (C=O) groups excluding carboxylic acids is 2. The van der Waals surface area contributed by atoms with Crippen molar-refractivity contribution in [3.63, 3.8) is 0 Å². The van der Waals surface area contributed by atoms with Crippen LogP contribution < -0.4 is 0 Å². The van der Waals surface area contributed by atoms with Crippen LogP contribution in [-0.4, -0.2) is 28.6 Å². The first-order valence-electron chi connectivity index (χ1n) is 12.3. The molecule has 0 aliphatic carbocycles. The number of aliphatic imine (C=N–C) groups is 1. The van der Waals surface area contributed by atoms with Crippen LogP contribution in [0.2, 0.25) is 0 Å². The van der Waals surface area contributed by atoms with E-state index in [0.29, 0.717) is 40.3 Å². The molecule has 5 rings (SSSR count). The fraction of sp³-hybridized carbons (Fsp3) is 0.129. The highest BCUT2D eigenvalue weighted by Gasteiger charge is 2.33. The van der Waals surface area contributed by atoms with Gasteiger partial charge in [0, 0.05) is 11.6 Å². The van der Waals surface area contributed by atoms with Gasteiger partial charge in [-0.15, -0.1) is 0 Å². The van der Waals surface area contributed by atoms with Gasteiger partial charge in [0.05, 0.1) is 29.3 Å². The molecule has 1 aliphatic rings. The van der Waals surface area contributed by atoms with Gasteiger partial charge in [-0.3, -0.25) is 9.69 Å². The molecule has 1 aliphatic heterocycles. The molecule has 1 saturated heterocycles. The number of benzene rings is 3. The van der Waals surface area contributed by atoms with E-state index in [1.54, 1.807) is 36.1 Å². The Morgan fingerprint density at radius 3 is 2.55 bits per heavy atom. The van der Waals surface area contributed by atoms with E-state index in [2.05, 4.69) is 0 Å². The molecule has 38 heavy (non-hydrogen) atoms. The predicted molar refractivity (Wildman–Crippen MR) is 151 cm³/mol. The van der Waals surface area contributed by atoms with Crippen molar-refractivity contribution in [1.82, 2.24) is 4.90 Å². The lowest BCUT2D eigenvalue weighted by molar-refractivity contribution is -0.122. The summed E-state index contributed by atoms with van der Waals surface area (Å²) >= 11 is 1.32. The van der Waals surface area contributed by atoms with Crippen LogP contribution in [0, 0.1) is 6.92 Å². The quantitative estimate of drug-likeness (QED) is 0.189. The molecule has 1 amide bonds. The number of nitrogens with zero attached hydrogens (tertiary/aromatic N) is 2. The molecule has 1 aromatic heterocycles. The van der Waals surface area contributed by atoms with Crippen LogP contribution in [0.5, 0.6) is 0 Å². The first kappa shape index (κ1) is 25.3. The minimum Gasteiger partial charge on any atom is -0.462 e. The number of aryl methyl sites for hydroxylation is 1. The fourth-order valence-corrected chi connectivity index (χ4v) is 4.93. The molecule has 1 fully saturated rings. The summed E-state index contributed by atoms with van der Waals surface area (Å²) in [6.45, 7) is 4.52. The lowest BCUT2D eigenvalue weighted by Crippen LogP contribution is -2.28.